The largest absolute Gasteiger partial charge is 0.456 e. The summed E-state index contributed by atoms with van der Waals surface area (Å²) in [6, 6.07) is 10.8. The fourth-order valence-corrected chi connectivity index (χ4v) is 3.66. The predicted molar refractivity (Wildman–Crippen MR) is 107 cm³/mol. The highest BCUT2D eigenvalue weighted by atomic mass is 35.5. The van der Waals surface area contributed by atoms with E-state index < -0.39 is 28.5 Å². The number of hydrogen-bond acceptors (Lipinski definition) is 5. The standard InChI is InChI=1S/C18H18Cl2N2O5S/c1-12-15(20)6-3-7-16(12)22-17(23)11-27-18(24)8-9-21-28(25,26)14-5-2-4-13(19)10-14/h2-7,10,21H,8-9,11H2,1H3,(H,22,23). The molecule has 0 spiro atoms. The van der Waals surface area contributed by atoms with E-state index in [0.717, 1.165) is 0 Å². The Morgan fingerprint density at radius 1 is 1.11 bits per heavy atom. The van der Waals surface area contributed by atoms with E-state index in [4.69, 9.17) is 27.9 Å². The van der Waals surface area contributed by atoms with Gasteiger partial charge in [0.15, 0.2) is 6.61 Å². The minimum Gasteiger partial charge on any atom is -0.456 e. The second kappa shape index (κ2) is 9.88. The zero-order valence-electron chi connectivity index (χ0n) is 14.9. The summed E-state index contributed by atoms with van der Waals surface area (Å²) in [5.41, 5.74) is 1.21. The number of ether oxygens (including phenoxy) is 1. The van der Waals surface area contributed by atoms with E-state index in [1.807, 2.05) is 0 Å². The van der Waals surface area contributed by atoms with Crippen molar-refractivity contribution in [2.24, 2.45) is 0 Å². The van der Waals surface area contributed by atoms with E-state index in [1.54, 1.807) is 31.2 Å². The average Bonchev–Trinajstić information content (AvgIpc) is 2.64. The SMILES string of the molecule is Cc1c(Cl)cccc1NC(=O)COC(=O)CCNS(=O)(=O)c1cccc(Cl)c1. The number of carbonyl (C=O) groups excluding carboxylic acids is 2. The van der Waals surface area contributed by atoms with Crippen LogP contribution in [0.1, 0.15) is 12.0 Å². The van der Waals surface area contributed by atoms with Gasteiger partial charge in [-0.2, -0.15) is 0 Å². The van der Waals surface area contributed by atoms with Crippen LogP contribution < -0.4 is 10.0 Å². The first-order valence-corrected chi connectivity index (χ1v) is 10.4. The van der Waals surface area contributed by atoms with Crippen LogP contribution in [0.2, 0.25) is 10.0 Å². The number of esters is 1. The van der Waals surface area contributed by atoms with Crippen LogP contribution >= 0.6 is 23.2 Å². The molecule has 2 rings (SSSR count). The maximum Gasteiger partial charge on any atom is 0.307 e. The van der Waals surface area contributed by atoms with Gasteiger partial charge in [-0.3, -0.25) is 9.59 Å². The first-order valence-electron chi connectivity index (χ1n) is 8.15. The third kappa shape index (κ3) is 6.49. The minimum atomic E-state index is -3.79. The fraction of sp³-hybridized carbons (Fsp3) is 0.222. The Morgan fingerprint density at radius 2 is 1.82 bits per heavy atom. The Bertz CT molecular complexity index is 980. The molecule has 28 heavy (non-hydrogen) atoms. The van der Waals surface area contributed by atoms with Gasteiger partial charge in [-0.05, 0) is 42.8 Å². The van der Waals surface area contributed by atoms with Gasteiger partial charge in [-0.25, -0.2) is 13.1 Å². The Labute approximate surface area is 173 Å². The molecule has 10 heteroatoms. The van der Waals surface area contributed by atoms with Crippen LogP contribution in [0.15, 0.2) is 47.4 Å². The smallest absolute Gasteiger partial charge is 0.307 e. The van der Waals surface area contributed by atoms with Crippen molar-refractivity contribution in [1.82, 2.24) is 4.72 Å². The number of hydrogen-bond donors (Lipinski definition) is 2. The minimum absolute atomic E-state index is 0.00960. The van der Waals surface area contributed by atoms with E-state index in [0.29, 0.717) is 16.3 Å². The molecule has 0 aliphatic carbocycles. The Morgan fingerprint density at radius 3 is 2.54 bits per heavy atom. The van der Waals surface area contributed by atoms with Crippen molar-refractivity contribution in [1.29, 1.82) is 0 Å². The molecule has 0 aromatic heterocycles. The summed E-state index contributed by atoms with van der Waals surface area (Å²) in [4.78, 5) is 23.6. The molecule has 0 fully saturated rings. The average molecular weight is 445 g/mol. The van der Waals surface area contributed by atoms with Gasteiger partial charge in [0.05, 0.1) is 11.3 Å². The van der Waals surface area contributed by atoms with Crippen molar-refractivity contribution in [3.05, 3.63) is 58.1 Å². The maximum absolute atomic E-state index is 12.1. The van der Waals surface area contributed by atoms with Crippen LogP contribution in [0.4, 0.5) is 5.69 Å². The molecule has 2 aromatic rings. The zero-order valence-corrected chi connectivity index (χ0v) is 17.2. The third-order valence-corrected chi connectivity index (χ3v) is 5.74. The van der Waals surface area contributed by atoms with Gasteiger partial charge in [0.25, 0.3) is 5.91 Å². The number of anilines is 1. The summed E-state index contributed by atoms with van der Waals surface area (Å²) in [5.74, 6) is -1.25. The molecule has 150 valence electrons. The van der Waals surface area contributed by atoms with Crippen molar-refractivity contribution >= 4 is 50.8 Å². The van der Waals surface area contributed by atoms with Gasteiger partial charge < -0.3 is 10.1 Å². The summed E-state index contributed by atoms with van der Waals surface area (Å²) in [6.07, 6.45) is -0.233. The summed E-state index contributed by atoms with van der Waals surface area (Å²) < 4.78 is 31.3. The lowest BCUT2D eigenvalue weighted by atomic mass is 10.2. The van der Waals surface area contributed by atoms with Crippen molar-refractivity contribution in [3.8, 4) is 0 Å². The van der Waals surface area contributed by atoms with Gasteiger partial charge in [-0.1, -0.05) is 35.3 Å². The topological polar surface area (TPSA) is 102 Å². The van der Waals surface area contributed by atoms with Crippen LogP contribution in [0.25, 0.3) is 0 Å². The van der Waals surface area contributed by atoms with E-state index in [2.05, 4.69) is 10.0 Å². The van der Waals surface area contributed by atoms with Crippen molar-refractivity contribution in [3.63, 3.8) is 0 Å². The molecule has 2 aromatic carbocycles. The first-order chi connectivity index (χ1) is 13.2. The van der Waals surface area contributed by atoms with Gasteiger partial charge in [0, 0.05) is 22.3 Å². The van der Waals surface area contributed by atoms with Gasteiger partial charge in [0.2, 0.25) is 10.0 Å². The molecule has 0 radical (unpaired) electrons. The molecule has 0 atom stereocenters. The van der Waals surface area contributed by atoms with Gasteiger partial charge in [-0.15, -0.1) is 0 Å². The lowest BCUT2D eigenvalue weighted by Crippen LogP contribution is -2.28. The Hall–Kier alpha value is -2.13. The molecular formula is C18H18Cl2N2O5S. The summed E-state index contributed by atoms with van der Waals surface area (Å²) >= 11 is 11.7. The van der Waals surface area contributed by atoms with E-state index in [-0.39, 0.29) is 22.9 Å². The number of halogens is 2. The number of benzene rings is 2. The molecule has 1 amide bonds. The molecule has 2 N–H and O–H groups in total. The van der Waals surface area contributed by atoms with Crippen LogP contribution in [0.5, 0.6) is 0 Å². The molecule has 0 saturated heterocycles. The molecular weight excluding hydrogens is 427 g/mol. The number of carbonyl (C=O) groups is 2. The molecule has 0 aliphatic heterocycles. The van der Waals surface area contributed by atoms with Crippen LogP contribution in [0, 0.1) is 6.92 Å². The van der Waals surface area contributed by atoms with E-state index >= 15 is 0 Å². The van der Waals surface area contributed by atoms with Crippen LogP contribution in [0.3, 0.4) is 0 Å². The summed E-state index contributed by atoms with van der Waals surface area (Å²) in [6.45, 7) is 1.07. The molecule has 0 unspecified atom stereocenters. The monoisotopic (exact) mass is 444 g/mol. The molecule has 0 bridgehead atoms. The highest BCUT2D eigenvalue weighted by molar-refractivity contribution is 7.89. The lowest BCUT2D eigenvalue weighted by molar-refractivity contribution is -0.147. The number of nitrogens with one attached hydrogen (secondary N) is 2. The van der Waals surface area contributed by atoms with Gasteiger partial charge in [0.1, 0.15) is 0 Å². The van der Waals surface area contributed by atoms with Crippen LogP contribution in [-0.4, -0.2) is 33.4 Å². The van der Waals surface area contributed by atoms with Crippen LogP contribution in [-0.2, 0) is 24.3 Å². The maximum atomic E-state index is 12.1. The third-order valence-electron chi connectivity index (χ3n) is 3.63. The highest BCUT2D eigenvalue weighted by Crippen LogP contribution is 2.22. The lowest BCUT2D eigenvalue weighted by Gasteiger charge is -2.10. The predicted octanol–water partition coefficient (Wildman–Crippen LogP) is 3.15. The molecule has 0 saturated carbocycles. The quantitative estimate of drug-likeness (QED) is 0.608. The van der Waals surface area contributed by atoms with Crippen molar-refractivity contribution in [2.45, 2.75) is 18.2 Å². The summed E-state index contributed by atoms with van der Waals surface area (Å²) in [7, 11) is -3.79. The normalized spacial score (nSPS) is 11.1. The highest BCUT2D eigenvalue weighted by Gasteiger charge is 2.15. The van der Waals surface area contributed by atoms with E-state index in [9.17, 15) is 18.0 Å². The zero-order chi connectivity index (χ0) is 20.7. The van der Waals surface area contributed by atoms with E-state index in [1.165, 1.54) is 18.2 Å². The Balaban J connectivity index is 1.77. The number of sulfonamides is 1. The Kier molecular flexibility index (Phi) is 7.82. The molecule has 0 aliphatic rings. The second-order valence-electron chi connectivity index (χ2n) is 5.73. The number of rotatable bonds is 8. The van der Waals surface area contributed by atoms with Gasteiger partial charge >= 0.3 is 5.97 Å². The first kappa shape index (κ1) is 22.2. The number of amides is 1. The van der Waals surface area contributed by atoms with Crippen molar-refractivity contribution < 1.29 is 22.7 Å². The fourth-order valence-electron chi connectivity index (χ4n) is 2.15. The summed E-state index contributed by atoms with van der Waals surface area (Å²) in [5, 5.41) is 3.37. The molecule has 0 heterocycles. The van der Waals surface area contributed by atoms with Crippen molar-refractivity contribution in [2.75, 3.05) is 18.5 Å². The second-order valence-corrected chi connectivity index (χ2v) is 8.34. The molecule has 7 nitrogen and oxygen atoms in total.